The van der Waals surface area contributed by atoms with Crippen LogP contribution in [-0.4, -0.2) is 55.8 Å². The summed E-state index contributed by atoms with van der Waals surface area (Å²) in [6.45, 7) is 1.80. The Morgan fingerprint density at radius 3 is 2.15 bits per heavy atom. The highest BCUT2D eigenvalue weighted by molar-refractivity contribution is 7.92. The maximum Gasteiger partial charge on any atom is 0.490 e. The zero-order valence-corrected chi connectivity index (χ0v) is 14.7. The molecule has 0 radical (unpaired) electrons. The molecule has 11 heteroatoms. The van der Waals surface area contributed by atoms with Crippen LogP contribution in [-0.2, 0) is 30.6 Å². The van der Waals surface area contributed by atoms with Crippen LogP contribution >= 0.6 is 0 Å². The van der Waals surface area contributed by atoms with E-state index in [2.05, 4.69) is 4.74 Å². The minimum Gasteiger partial charge on any atom is -0.475 e. The van der Waals surface area contributed by atoms with E-state index in [9.17, 15) is 26.4 Å². The second-order valence-electron chi connectivity index (χ2n) is 5.11. The number of rotatable bonds is 7. The molecule has 0 aliphatic rings. The number of carbonyl (C=O) groups excluding carboxylic acids is 1. The van der Waals surface area contributed by atoms with Gasteiger partial charge in [0.15, 0.2) is 9.84 Å². The van der Waals surface area contributed by atoms with Crippen molar-refractivity contribution in [3.05, 3.63) is 35.9 Å². The summed E-state index contributed by atoms with van der Waals surface area (Å²) in [6.07, 6.45) is -4.62. The van der Waals surface area contributed by atoms with E-state index in [4.69, 9.17) is 15.6 Å². The van der Waals surface area contributed by atoms with Crippen molar-refractivity contribution in [2.24, 2.45) is 5.73 Å². The van der Waals surface area contributed by atoms with Gasteiger partial charge in [0, 0.05) is 6.04 Å². The van der Waals surface area contributed by atoms with Crippen molar-refractivity contribution < 1.29 is 41.0 Å². The van der Waals surface area contributed by atoms with E-state index in [0.717, 1.165) is 5.56 Å². The Balaban J connectivity index is 0.000000758. The quantitative estimate of drug-likeness (QED) is 0.660. The van der Waals surface area contributed by atoms with Gasteiger partial charge in [0.1, 0.15) is 5.75 Å². The second-order valence-corrected chi connectivity index (χ2v) is 7.22. The maximum atomic E-state index is 11.7. The number of carbonyl (C=O) groups is 2. The Morgan fingerprint density at radius 2 is 1.73 bits per heavy atom. The molecule has 0 bridgehead atoms. The van der Waals surface area contributed by atoms with Crippen molar-refractivity contribution in [1.82, 2.24) is 0 Å². The molecule has 0 aromatic heterocycles. The van der Waals surface area contributed by atoms with Gasteiger partial charge in [-0.2, -0.15) is 13.2 Å². The van der Waals surface area contributed by atoms with Crippen molar-refractivity contribution in [1.29, 1.82) is 0 Å². The molecule has 0 heterocycles. The highest BCUT2D eigenvalue weighted by Gasteiger charge is 2.38. The molecule has 0 spiro atoms. The number of carboxylic acid groups (broad SMARTS) is 1. The summed E-state index contributed by atoms with van der Waals surface area (Å²) in [5, 5.41) is 7.12. The summed E-state index contributed by atoms with van der Waals surface area (Å²) in [5.74, 6) is -4.31. The summed E-state index contributed by atoms with van der Waals surface area (Å²) in [6, 6.07) is 8.87. The van der Waals surface area contributed by atoms with E-state index in [1.54, 1.807) is 6.92 Å². The average molecular weight is 399 g/mol. The summed E-state index contributed by atoms with van der Waals surface area (Å²) in [5.41, 5.74) is 6.78. The average Bonchev–Trinajstić information content (AvgIpc) is 2.46. The molecule has 1 atom stereocenters. The highest BCUT2D eigenvalue weighted by Crippen LogP contribution is 2.13. The van der Waals surface area contributed by atoms with E-state index in [1.165, 1.54) is 0 Å². The van der Waals surface area contributed by atoms with Crippen molar-refractivity contribution in [2.45, 2.75) is 25.6 Å². The number of carboxylic acids is 1. The van der Waals surface area contributed by atoms with E-state index >= 15 is 0 Å². The Bertz CT molecular complexity index is 676. The molecule has 1 rings (SSSR count). The standard InChI is InChI=1S/C13H19NO4S.C2HF3O2/c1-2-18-13(15)10-19(16,17)9-12(14)8-11-6-4-3-5-7-11;3-2(4,5)1(6)7/h3-7,12H,2,8-10,14H2,1H3;(H,6,7)/t12-;/m0./s1. The van der Waals surface area contributed by atoms with Gasteiger partial charge in [-0.3, -0.25) is 4.79 Å². The van der Waals surface area contributed by atoms with E-state index in [0.29, 0.717) is 6.42 Å². The Morgan fingerprint density at radius 1 is 1.23 bits per heavy atom. The lowest BCUT2D eigenvalue weighted by atomic mass is 10.1. The molecule has 0 saturated carbocycles. The van der Waals surface area contributed by atoms with Crippen LogP contribution in [0.5, 0.6) is 0 Å². The molecule has 3 N–H and O–H groups in total. The fourth-order valence-electron chi connectivity index (χ4n) is 1.74. The first kappa shape index (κ1) is 23.9. The zero-order chi connectivity index (χ0) is 20.4. The fourth-order valence-corrected chi connectivity index (χ4v) is 3.07. The van der Waals surface area contributed by atoms with Crippen molar-refractivity contribution in [2.75, 3.05) is 18.1 Å². The van der Waals surface area contributed by atoms with Gasteiger partial charge in [-0.15, -0.1) is 0 Å². The second kappa shape index (κ2) is 10.8. The molecule has 1 aromatic rings. The number of alkyl halides is 3. The number of sulfone groups is 1. The number of aliphatic carboxylic acids is 1. The van der Waals surface area contributed by atoms with Gasteiger partial charge in [-0.1, -0.05) is 30.3 Å². The highest BCUT2D eigenvalue weighted by atomic mass is 32.2. The lowest BCUT2D eigenvalue weighted by Crippen LogP contribution is -2.34. The van der Waals surface area contributed by atoms with Gasteiger partial charge in [-0.25, -0.2) is 13.2 Å². The van der Waals surface area contributed by atoms with Gasteiger partial charge < -0.3 is 15.6 Å². The van der Waals surface area contributed by atoms with Crippen molar-refractivity contribution >= 4 is 21.8 Å². The van der Waals surface area contributed by atoms with Crippen LogP contribution in [0.15, 0.2) is 30.3 Å². The lowest BCUT2D eigenvalue weighted by molar-refractivity contribution is -0.192. The smallest absolute Gasteiger partial charge is 0.475 e. The van der Waals surface area contributed by atoms with Gasteiger partial charge >= 0.3 is 18.1 Å². The summed E-state index contributed by atoms with van der Waals surface area (Å²) in [4.78, 5) is 20.1. The van der Waals surface area contributed by atoms with Crippen LogP contribution < -0.4 is 5.73 Å². The van der Waals surface area contributed by atoms with E-state index in [1.807, 2.05) is 30.3 Å². The summed E-state index contributed by atoms with van der Waals surface area (Å²) >= 11 is 0. The fraction of sp³-hybridized carbons (Fsp3) is 0.467. The first-order valence-electron chi connectivity index (χ1n) is 7.33. The third-order valence-corrected chi connectivity index (χ3v) is 4.31. The van der Waals surface area contributed by atoms with E-state index < -0.39 is 39.7 Å². The molecule has 0 amide bonds. The normalized spacial score (nSPS) is 12.5. The number of halogens is 3. The summed E-state index contributed by atoms with van der Waals surface area (Å²) in [7, 11) is -3.52. The first-order valence-corrected chi connectivity index (χ1v) is 9.15. The minimum absolute atomic E-state index is 0.171. The zero-order valence-electron chi connectivity index (χ0n) is 13.9. The van der Waals surface area contributed by atoms with Gasteiger partial charge in [0.05, 0.1) is 12.4 Å². The molecular formula is C15H20F3NO6S. The molecule has 0 aliphatic heterocycles. The molecule has 0 fully saturated rings. The number of nitrogens with two attached hydrogens (primary N) is 1. The van der Waals surface area contributed by atoms with Crippen LogP contribution in [0.25, 0.3) is 0 Å². The van der Waals surface area contributed by atoms with Crippen LogP contribution in [0.4, 0.5) is 13.2 Å². The SMILES string of the molecule is CCOC(=O)CS(=O)(=O)C[C@@H](N)Cc1ccccc1.O=C(O)C(F)(F)F. The number of esters is 1. The minimum atomic E-state index is -5.08. The molecule has 0 aliphatic carbocycles. The largest absolute Gasteiger partial charge is 0.490 e. The van der Waals surface area contributed by atoms with Crippen LogP contribution in [0, 0.1) is 0 Å². The van der Waals surface area contributed by atoms with Crippen LogP contribution in [0.2, 0.25) is 0 Å². The summed E-state index contributed by atoms with van der Waals surface area (Å²) < 4.78 is 59.8. The molecule has 26 heavy (non-hydrogen) atoms. The third kappa shape index (κ3) is 11.4. The van der Waals surface area contributed by atoms with Crippen molar-refractivity contribution in [3.63, 3.8) is 0 Å². The molecule has 148 valence electrons. The monoisotopic (exact) mass is 399 g/mol. The predicted molar refractivity (Wildman–Crippen MR) is 87.1 cm³/mol. The third-order valence-electron chi connectivity index (χ3n) is 2.69. The molecular weight excluding hydrogens is 379 g/mol. The van der Waals surface area contributed by atoms with Crippen LogP contribution in [0.3, 0.4) is 0 Å². The molecule has 0 unspecified atom stereocenters. The number of hydrogen-bond acceptors (Lipinski definition) is 6. The number of benzene rings is 1. The number of ether oxygens (including phenoxy) is 1. The van der Waals surface area contributed by atoms with Gasteiger partial charge in [0.25, 0.3) is 0 Å². The number of hydrogen-bond donors (Lipinski definition) is 2. The molecule has 0 saturated heterocycles. The van der Waals surface area contributed by atoms with Crippen molar-refractivity contribution in [3.8, 4) is 0 Å². The molecule has 1 aromatic carbocycles. The predicted octanol–water partition coefficient (Wildman–Crippen LogP) is 1.17. The Kier molecular flexibility index (Phi) is 9.88. The van der Waals surface area contributed by atoms with E-state index in [-0.39, 0.29) is 12.4 Å². The topological polar surface area (TPSA) is 124 Å². The van der Waals surface area contributed by atoms with Gasteiger partial charge in [-0.05, 0) is 18.9 Å². The first-order chi connectivity index (χ1) is 11.9. The molecule has 7 nitrogen and oxygen atoms in total. The Hall–Kier alpha value is -2.14. The lowest BCUT2D eigenvalue weighted by Gasteiger charge is -2.12. The maximum absolute atomic E-state index is 11.7. The Labute approximate surface area is 148 Å². The van der Waals surface area contributed by atoms with Crippen LogP contribution in [0.1, 0.15) is 12.5 Å². The van der Waals surface area contributed by atoms with Gasteiger partial charge in [0.2, 0.25) is 0 Å².